The summed E-state index contributed by atoms with van der Waals surface area (Å²) in [6.45, 7) is 5.55. The normalized spacial score (nSPS) is 10.2. The number of nitrogens with one attached hydrogen (secondary N) is 2. The van der Waals surface area contributed by atoms with Gasteiger partial charge in [-0.15, -0.1) is 0 Å². The Labute approximate surface area is 165 Å². The number of hydrogen-bond donors (Lipinski definition) is 2. The van der Waals surface area contributed by atoms with Crippen LogP contribution in [0.1, 0.15) is 36.5 Å². The molecule has 2 N–H and O–H groups in total. The lowest BCUT2D eigenvalue weighted by atomic mass is 10.1. The maximum Gasteiger partial charge on any atom is 0.306 e. The summed E-state index contributed by atoms with van der Waals surface area (Å²) >= 11 is 0. The highest BCUT2D eigenvalue weighted by atomic mass is 16.5. The highest BCUT2D eigenvalue weighted by Gasteiger charge is 2.11. The van der Waals surface area contributed by atoms with E-state index in [1.54, 1.807) is 12.1 Å². The van der Waals surface area contributed by atoms with Gasteiger partial charge in [-0.1, -0.05) is 36.8 Å². The molecule has 0 heterocycles. The van der Waals surface area contributed by atoms with Crippen molar-refractivity contribution in [2.45, 2.75) is 40.0 Å². The Kier molecular flexibility index (Phi) is 7.75. The smallest absolute Gasteiger partial charge is 0.306 e. The average Bonchev–Trinajstić information content (AvgIpc) is 2.67. The number of carbonyl (C=O) groups excluding carboxylic acids is 3. The van der Waals surface area contributed by atoms with Gasteiger partial charge in [0.25, 0.3) is 5.91 Å². The van der Waals surface area contributed by atoms with Crippen LogP contribution in [-0.2, 0) is 25.5 Å². The van der Waals surface area contributed by atoms with Crippen LogP contribution < -0.4 is 10.6 Å². The number of carbonyl (C=O) groups is 3. The van der Waals surface area contributed by atoms with Gasteiger partial charge in [0, 0.05) is 17.8 Å². The Morgan fingerprint density at radius 2 is 1.61 bits per heavy atom. The number of benzene rings is 2. The summed E-state index contributed by atoms with van der Waals surface area (Å²) in [5.74, 6) is -1.28. The summed E-state index contributed by atoms with van der Waals surface area (Å²) in [6.07, 6.45) is 0.824. The fourth-order valence-corrected chi connectivity index (χ4v) is 2.62. The second-order valence-electron chi connectivity index (χ2n) is 6.63. The van der Waals surface area contributed by atoms with Crippen molar-refractivity contribution in [1.82, 2.24) is 0 Å². The molecule has 0 aliphatic carbocycles. The lowest BCUT2D eigenvalue weighted by Gasteiger charge is -2.09. The Morgan fingerprint density at radius 3 is 2.25 bits per heavy atom. The summed E-state index contributed by atoms with van der Waals surface area (Å²) in [5.41, 5.74) is 4.60. The summed E-state index contributed by atoms with van der Waals surface area (Å²) in [5, 5.41) is 5.44. The second-order valence-corrected chi connectivity index (χ2v) is 6.63. The molecule has 0 aromatic heterocycles. The van der Waals surface area contributed by atoms with Crippen LogP contribution in [0.5, 0.6) is 0 Å². The Bertz CT molecular complexity index is 844. The first kappa shape index (κ1) is 21.2. The molecule has 0 spiro atoms. The summed E-state index contributed by atoms with van der Waals surface area (Å²) in [4.78, 5) is 35.6. The van der Waals surface area contributed by atoms with Gasteiger partial charge < -0.3 is 15.4 Å². The van der Waals surface area contributed by atoms with E-state index < -0.39 is 11.9 Å². The quantitative estimate of drug-likeness (QED) is 0.681. The molecule has 0 unspecified atom stereocenters. The van der Waals surface area contributed by atoms with Gasteiger partial charge in [0.1, 0.15) is 0 Å². The van der Waals surface area contributed by atoms with E-state index in [4.69, 9.17) is 4.74 Å². The van der Waals surface area contributed by atoms with E-state index in [0.717, 1.165) is 23.2 Å². The molecule has 2 aromatic carbocycles. The zero-order valence-electron chi connectivity index (χ0n) is 16.5. The van der Waals surface area contributed by atoms with E-state index in [1.165, 1.54) is 5.56 Å². The van der Waals surface area contributed by atoms with Crippen molar-refractivity contribution in [1.29, 1.82) is 0 Å². The monoisotopic (exact) mass is 382 g/mol. The van der Waals surface area contributed by atoms with Crippen LogP contribution >= 0.6 is 0 Å². The maximum absolute atomic E-state index is 12.0. The van der Waals surface area contributed by atoms with Crippen LogP contribution in [0.2, 0.25) is 0 Å². The fraction of sp³-hybridized carbons (Fsp3) is 0.318. The topological polar surface area (TPSA) is 84.5 Å². The van der Waals surface area contributed by atoms with Gasteiger partial charge in [0.2, 0.25) is 5.91 Å². The maximum atomic E-state index is 12.0. The standard InChI is InChI=1S/C22H26N2O4/c1-4-17-6-8-18(9-7-17)23-21(26)14-28-22(27)12-11-20(25)24-19-10-5-15(2)13-16(19)3/h5-10,13H,4,11-12,14H2,1-3H3,(H,23,26)(H,24,25). The largest absolute Gasteiger partial charge is 0.456 e. The molecule has 2 rings (SSSR count). The van der Waals surface area contributed by atoms with Crippen molar-refractivity contribution in [2.24, 2.45) is 0 Å². The minimum atomic E-state index is -0.591. The van der Waals surface area contributed by atoms with E-state index in [0.29, 0.717) is 5.69 Å². The Balaban J connectivity index is 1.69. The molecule has 6 heteroatoms. The molecule has 28 heavy (non-hydrogen) atoms. The van der Waals surface area contributed by atoms with Crippen LogP contribution in [0.4, 0.5) is 11.4 Å². The highest BCUT2D eigenvalue weighted by Crippen LogP contribution is 2.16. The molecule has 0 aliphatic rings. The van der Waals surface area contributed by atoms with Crippen molar-refractivity contribution in [3.63, 3.8) is 0 Å². The van der Waals surface area contributed by atoms with Crippen molar-refractivity contribution >= 4 is 29.2 Å². The number of anilines is 2. The van der Waals surface area contributed by atoms with Crippen molar-refractivity contribution in [2.75, 3.05) is 17.2 Å². The van der Waals surface area contributed by atoms with Gasteiger partial charge in [0.05, 0.1) is 6.42 Å². The fourth-order valence-electron chi connectivity index (χ4n) is 2.62. The summed E-state index contributed by atoms with van der Waals surface area (Å²) in [6, 6.07) is 13.2. The van der Waals surface area contributed by atoms with Gasteiger partial charge in [-0.3, -0.25) is 14.4 Å². The SMILES string of the molecule is CCc1ccc(NC(=O)COC(=O)CCC(=O)Nc2ccc(C)cc2C)cc1. The summed E-state index contributed by atoms with van der Waals surface area (Å²) < 4.78 is 4.93. The lowest BCUT2D eigenvalue weighted by Crippen LogP contribution is -2.21. The van der Waals surface area contributed by atoms with Crippen LogP contribution in [0.3, 0.4) is 0 Å². The molecule has 148 valence electrons. The van der Waals surface area contributed by atoms with Gasteiger partial charge in [-0.2, -0.15) is 0 Å². The zero-order valence-corrected chi connectivity index (χ0v) is 16.5. The number of hydrogen-bond acceptors (Lipinski definition) is 4. The second kappa shape index (κ2) is 10.3. The molecule has 2 aromatic rings. The molecule has 0 aliphatic heterocycles. The minimum Gasteiger partial charge on any atom is -0.456 e. The molecule has 6 nitrogen and oxygen atoms in total. The van der Waals surface area contributed by atoms with Gasteiger partial charge in [0.15, 0.2) is 6.61 Å². The van der Waals surface area contributed by atoms with Crippen LogP contribution in [-0.4, -0.2) is 24.4 Å². The molecular formula is C22H26N2O4. The average molecular weight is 382 g/mol. The molecule has 0 radical (unpaired) electrons. The number of rotatable bonds is 8. The molecular weight excluding hydrogens is 356 g/mol. The van der Waals surface area contributed by atoms with Gasteiger partial charge in [-0.25, -0.2) is 0 Å². The third-order valence-corrected chi connectivity index (χ3v) is 4.22. The van der Waals surface area contributed by atoms with E-state index >= 15 is 0 Å². The van der Waals surface area contributed by atoms with Crippen molar-refractivity contribution in [3.05, 3.63) is 59.2 Å². The number of esters is 1. The van der Waals surface area contributed by atoms with E-state index in [1.807, 2.05) is 44.2 Å². The Hall–Kier alpha value is -3.15. The zero-order chi connectivity index (χ0) is 20.5. The molecule has 0 saturated carbocycles. The highest BCUT2D eigenvalue weighted by molar-refractivity contribution is 5.94. The molecule has 0 fully saturated rings. The number of aryl methyl sites for hydroxylation is 3. The number of amides is 2. The first-order valence-electron chi connectivity index (χ1n) is 9.29. The van der Waals surface area contributed by atoms with E-state index in [2.05, 4.69) is 17.6 Å². The predicted molar refractivity (Wildman–Crippen MR) is 109 cm³/mol. The lowest BCUT2D eigenvalue weighted by molar-refractivity contribution is -0.147. The first-order chi connectivity index (χ1) is 13.4. The number of ether oxygens (including phenoxy) is 1. The third-order valence-electron chi connectivity index (χ3n) is 4.22. The molecule has 0 bridgehead atoms. The molecule has 0 saturated heterocycles. The minimum absolute atomic E-state index is 0.00769. The van der Waals surface area contributed by atoms with Gasteiger partial charge in [-0.05, 0) is 49.6 Å². The van der Waals surface area contributed by atoms with Crippen molar-refractivity contribution in [3.8, 4) is 0 Å². The van der Waals surface area contributed by atoms with Crippen LogP contribution in [0.25, 0.3) is 0 Å². The Morgan fingerprint density at radius 1 is 0.893 bits per heavy atom. The van der Waals surface area contributed by atoms with E-state index in [-0.39, 0.29) is 25.4 Å². The third kappa shape index (κ3) is 6.87. The predicted octanol–water partition coefficient (Wildman–Crippen LogP) is 3.77. The van der Waals surface area contributed by atoms with Crippen molar-refractivity contribution < 1.29 is 19.1 Å². The van der Waals surface area contributed by atoms with E-state index in [9.17, 15) is 14.4 Å². The van der Waals surface area contributed by atoms with Gasteiger partial charge >= 0.3 is 5.97 Å². The molecule has 2 amide bonds. The molecule has 0 atom stereocenters. The van der Waals surface area contributed by atoms with Crippen LogP contribution in [0, 0.1) is 13.8 Å². The first-order valence-corrected chi connectivity index (χ1v) is 9.29. The van der Waals surface area contributed by atoms with Crippen LogP contribution in [0.15, 0.2) is 42.5 Å². The summed E-state index contributed by atoms with van der Waals surface area (Å²) in [7, 11) is 0.